The van der Waals surface area contributed by atoms with Crippen molar-refractivity contribution in [3.05, 3.63) is 53.1 Å². The van der Waals surface area contributed by atoms with Crippen molar-refractivity contribution < 1.29 is 9.53 Å². The van der Waals surface area contributed by atoms with Crippen molar-refractivity contribution in [1.29, 1.82) is 0 Å². The van der Waals surface area contributed by atoms with Gasteiger partial charge in [-0.25, -0.2) is 0 Å². The van der Waals surface area contributed by atoms with E-state index in [1.54, 1.807) is 0 Å². The van der Waals surface area contributed by atoms with Gasteiger partial charge >= 0.3 is 0 Å². The maximum absolute atomic E-state index is 12.6. The Bertz CT molecular complexity index is 814. The Kier molecular flexibility index (Phi) is 4.51. The smallest absolute Gasteiger partial charge is 0.235 e. The van der Waals surface area contributed by atoms with Crippen LogP contribution < -0.4 is 15.8 Å². The summed E-state index contributed by atoms with van der Waals surface area (Å²) >= 11 is 6.16. The topological polar surface area (TPSA) is 67.6 Å². The summed E-state index contributed by atoms with van der Waals surface area (Å²) in [6, 6.07) is 13.1. The Balaban J connectivity index is 1.35. The van der Waals surface area contributed by atoms with Crippen molar-refractivity contribution in [1.82, 2.24) is 4.90 Å². The molecule has 2 aromatic carbocycles. The van der Waals surface area contributed by atoms with Crippen LogP contribution in [0.3, 0.4) is 0 Å². The van der Waals surface area contributed by atoms with Gasteiger partial charge in [0.1, 0.15) is 12.4 Å². The molecule has 3 N–H and O–H groups in total. The van der Waals surface area contributed by atoms with Gasteiger partial charge in [-0.3, -0.25) is 9.69 Å². The van der Waals surface area contributed by atoms with E-state index in [-0.39, 0.29) is 5.91 Å². The summed E-state index contributed by atoms with van der Waals surface area (Å²) in [5.74, 6) is 0.930. The van der Waals surface area contributed by atoms with Crippen LogP contribution in [-0.4, -0.2) is 37.0 Å². The number of benzene rings is 2. The number of nitrogens with zero attached hydrogens (tertiary/aromatic N) is 1. The maximum Gasteiger partial charge on any atom is 0.235 e. The van der Waals surface area contributed by atoms with Gasteiger partial charge in [-0.1, -0.05) is 11.6 Å². The second-order valence-corrected chi connectivity index (χ2v) is 7.42. The quantitative estimate of drug-likeness (QED) is 0.809. The molecule has 1 fully saturated rings. The number of likely N-dealkylation sites (tertiary alicyclic amines) is 1. The predicted molar refractivity (Wildman–Crippen MR) is 104 cm³/mol. The van der Waals surface area contributed by atoms with Crippen molar-refractivity contribution in [3.8, 4) is 5.75 Å². The molecule has 26 heavy (non-hydrogen) atoms. The standard InChI is InChI=1S/C20H22ClN3O2/c21-14-1-6-18-17(13-14)20(19(25)23-18)7-9-24(10-8-20)11-12-26-16-4-2-15(22)3-5-16/h1-6,13H,7-12,22H2,(H,23,25). The van der Waals surface area contributed by atoms with E-state index in [1.807, 2.05) is 42.5 Å². The molecule has 6 heteroatoms. The first kappa shape index (κ1) is 17.2. The number of hydrogen-bond donors (Lipinski definition) is 2. The number of nitrogens with two attached hydrogens (primary N) is 1. The highest BCUT2D eigenvalue weighted by Crippen LogP contribution is 2.45. The van der Waals surface area contributed by atoms with E-state index in [2.05, 4.69) is 10.2 Å². The van der Waals surface area contributed by atoms with E-state index in [1.165, 1.54) is 0 Å². The molecular formula is C20H22ClN3O2. The van der Waals surface area contributed by atoms with E-state index in [4.69, 9.17) is 22.1 Å². The highest BCUT2D eigenvalue weighted by Gasteiger charge is 2.48. The van der Waals surface area contributed by atoms with Crippen LogP contribution in [0.5, 0.6) is 5.75 Å². The van der Waals surface area contributed by atoms with Crippen LogP contribution in [-0.2, 0) is 10.2 Å². The summed E-state index contributed by atoms with van der Waals surface area (Å²) in [4.78, 5) is 15.0. The number of fused-ring (bicyclic) bond motifs is 2. The first-order valence-corrected chi connectivity index (χ1v) is 9.27. The third kappa shape index (κ3) is 3.13. The van der Waals surface area contributed by atoms with E-state index in [9.17, 15) is 4.79 Å². The van der Waals surface area contributed by atoms with Crippen molar-refractivity contribution in [2.45, 2.75) is 18.3 Å². The lowest BCUT2D eigenvalue weighted by Gasteiger charge is -2.37. The van der Waals surface area contributed by atoms with Gasteiger partial charge in [-0.15, -0.1) is 0 Å². The van der Waals surface area contributed by atoms with E-state index >= 15 is 0 Å². The molecule has 1 spiro atoms. The molecule has 0 radical (unpaired) electrons. The Morgan fingerprint density at radius 1 is 1.15 bits per heavy atom. The zero-order chi connectivity index (χ0) is 18.1. The van der Waals surface area contributed by atoms with Crippen LogP contribution in [0.25, 0.3) is 0 Å². The molecule has 0 saturated carbocycles. The fraction of sp³-hybridized carbons (Fsp3) is 0.350. The lowest BCUT2D eigenvalue weighted by Crippen LogP contribution is -2.47. The molecule has 0 aromatic heterocycles. The summed E-state index contributed by atoms with van der Waals surface area (Å²) in [6.45, 7) is 3.19. The molecule has 1 saturated heterocycles. The fourth-order valence-electron chi connectivity index (χ4n) is 3.90. The summed E-state index contributed by atoms with van der Waals surface area (Å²) in [7, 11) is 0. The third-order valence-electron chi connectivity index (χ3n) is 5.45. The number of nitrogen functional groups attached to an aromatic ring is 1. The van der Waals surface area contributed by atoms with E-state index in [0.717, 1.165) is 55.2 Å². The lowest BCUT2D eigenvalue weighted by molar-refractivity contribution is -0.122. The summed E-state index contributed by atoms with van der Waals surface area (Å²) in [5, 5.41) is 3.70. The van der Waals surface area contributed by atoms with E-state index < -0.39 is 5.41 Å². The van der Waals surface area contributed by atoms with Crippen LogP contribution in [0.4, 0.5) is 11.4 Å². The molecule has 2 aliphatic heterocycles. The van der Waals surface area contributed by atoms with Gasteiger partial charge in [0, 0.05) is 22.9 Å². The van der Waals surface area contributed by atoms with Crippen LogP contribution in [0, 0.1) is 0 Å². The summed E-state index contributed by atoms with van der Waals surface area (Å²) in [6.07, 6.45) is 1.60. The number of carbonyl (C=O) groups is 1. The Hall–Kier alpha value is -2.24. The summed E-state index contributed by atoms with van der Waals surface area (Å²) < 4.78 is 5.78. The second-order valence-electron chi connectivity index (χ2n) is 6.99. The number of rotatable bonds is 4. The van der Waals surface area contributed by atoms with Gasteiger partial charge in [0.2, 0.25) is 5.91 Å². The normalized spacial score (nSPS) is 18.6. The molecular weight excluding hydrogens is 350 g/mol. The summed E-state index contributed by atoms with van der Waals surface area (Å²) in [5.41, 5.74) is 7.92. The van der Waals surface area contributed by atoms with Gasteiger partial charge in [0.05, 0.1) is 5.41 Å². The van der Waals surface area contributed by atoms with Gasteiger partial charge in [-0.2, -0.15) is 0 Å². The predicted octanol–water partition coefficient (Wildman–Crippen LogP) is 3.29. The molecule has 136 valence electrons. The number of carbonyl (C=O) groups excluding carboxylic acids is 1. The van der Waals surface area contributed by atoms with Gasteiger partial charge in [-0.05, 0) is 74.0 Å². The van der Waals surface area contributed by atoms with Crippen LogP contribution in [0.15, 0.2) is 42.5 Å². The zero-order valence-corrected chi connectivity index (χ0v) is 15.3. The number of amides is 1. The SMILES string of the molecule is Nc1ccc(OCCN2CCC3(CC2)C(=O)Nc2ccc(Cl)cc23)cc1. The highest BCUT2D eigenvalue weighted by molar-refractivity contribution is 6.31. The number of piperidine rings is 1. The Morgan fingerprint density at radius 2 is 1.88 bits per heavy atom. The first-order valence-electron chi connectivity index (χ1n) is 8.89. The average molecular weight is 372 g/mol. The number of ether oxygens (including phenoxy) is 1. The van der Waals surface area contributed by atoms with E-state index in [0.29, 0.717) is 11.6 Å². The largest absolute Gasteiger partial charge is 0.492 e. The number of nitrogens with one attached hydrogen (secondary N) is 1. The minimum absolute atomic E-state index is 0.104. The average Bonchev–Trinajstić information content (AvgIpc) is 2.90. The van der Waals surface area contributed by atoms with Crippen LogP contribution in [0.2, 0.25) is 5.02 Å². The van der Waals surface area contributed by atoms with Crippen molar-refractivity contribution >= 4 is 28.9 Å². The molecule has 2 heterocycles. The Morgan fingerprint density at radius 3 is 2.62 bits per heavy atom. The lowest BCUT2D eigenvalue weighted by atomic mass is 9.73. The molecule has 0 aliphatic carbocycles. The first-order chi connectivity index (χ1) is 12.6. The monoisotopic (exact) mass is 371 g/mol. The number of hydrogen-bond acceptors (Lipinski definition) is 4. The molecule has 4 rings (SSSR count). The molecule has 0 bridgehead atoms. The Labute approximate surface area is 158 Å². The van der Waals surface area contributed by atoms with Crippen molar-refractivity contribution in [2.24, 2.45) is 0 Å². The number of anilines is 2. The van der Waals surface area contributed by atoms with Crippen molar-refractivity contribution in [3.63, 3.8) is 0 Å². The van der Waals surface area contributed by atoms with Gasteiger partial charge in [0.15, 0.2) is 0 Å². The molecule has 0 unspecified atom stereocenters. The maximum atomic E-state index is 12.6. The molecule has 1 amide bonds. The highest BCUT2D eigenvalue weighted by atomic mass is 35.5. The fourth-order valence-corrected chi connectivity index (χ4v) is 4.07. The number of halogens is 1. The van der Waals surface area contributed by atoms with Gasteiger partial charge in [0.25, 0.3) is 0 Å². The minimum atomic E-state index is -0.436. The van der Waals surface area contributed by atoms with Gasteiger partial charge < -0.3 is 15.8 Å². The third-order valence-corrected chi connectivity index (χ3v) is 5.68. The van der Waals surface area contributed by atoms with Crippen molar-refractivity contribution in [2.75, 3.05) is 37.3 Å². The molecule has 5 nitrogen and oxygen atoms in total. The van der Waals surface area contributed by atoms with Crippen LogP contribution >= 0.6 is 11.6 Å². The molecule has 2 aromatic rings. The van der Waals surface area contributed by atoms with Crippen LogP contribution in [0.1, 0.15) is 18.4 Å². The zero-order valence-electron chi connectivity index (χ0n) is 14.5. The molecule has 2 aliphatic rings. The second kappa shape index (κ2) is 6.82. The molecule has 0 atom stereocenters. The minimum Gasteiger partial charge on any atom is -0.492 e.